The van der Waals surface area contributed by atoms with Crippen LogP contribution in [0.5, 0.6) is 5.75 Å². The second-order valence-corrected chi connectivity index (χ2v) is 4.02. The third-order valence-electron chi connectivity index (χ3n) is 2.86. The lowest BCUT2D eigenvalue weighted by Gasteiger charge is -2.05. The molecule has 94 valence electrons. The zero-order valence-electron chi connectivity index (χ0n) is 9.68. The van der Waals surface area contributed by atoms with E-state index in [2.05, 4.69) is 15.2 Å². The minimum atomic E-state index is -0.563. The highest BCUT2D eigenvalue weighted by Gasteiger charge is 2.14. The van der Waals surface area contributed by atoms with Gasteiger partial charge < -0.3 is 5.11 Å². The number of nitrogens with zero attached hydrogens (tertiary/aromatic N) is 1. The van der Waals surface area contributed by atoms with Crippen molar-refractivity contribution in [3.63, 3.8) is 0 Å². The van der Waals surface area contributed by atoms with Crippen molar-refractivity contribution < 1.29 is 5.11 Å². The SMILES string of the molecule is O=c1[nH][nH]c(=O)c2c(O)c(-c3ccccc3)ncc12. The molecule has 0 bridgehead atoms. The van der Waals surface area contributed by atoms with Crippen molar-refractivity contribution in [3.8, 4) is 17.0 Å². The zero-order valence-corrected chi connectivity index (χ0v) is 9.68. The van der Waals surface area contributed by atoms with Crippen LogP contribution in [0, 0.1) is 0 Å². The van der Waals surface area contributed by atoms with Crippen molar-refractivity contribution in [1.29, 1.82) is 0 Å². The van der Waals surface area contributed by atoms with E-state index in [0.717, 1.165) is 0 Å². The first-order valence-electron chi connectivity index (χ1n) is 5.56. The summed E-state index contributed by atoms with van der Waals surface area (Å²) >= 11 is 0. The molecule has 0 fully saturated rings. The Hall–Kier alpha value is -2.89. The Morgan fingerprint density at radius 3 is 2.42 bits per heavy atom. The Bertz CT molecular complexity index is 866. The molecule has 0 saturated carbocycles. The van der Waals surface area contributed by atoms with Gasteiger partial charge in [-0.25, -0.2) is 0 Å². The molecule has 3 rings (SSSR count). The fourth-order valence-corrected chi connectivity index (χ4v) is 1.95. The molecule has 0 aliphatic heterocycles. The van der Waals surface area contributed by atoms with Crippen molar-refractivity contribution in [2.45, 2.75) is 0 Å². The molecule has 0 spiro atoms. The van der Waals surface area contributed by atoms with Gasteiger partial charge in [-0.15, -0.1) is 0 Å². The van der Waals surface area contributed by atoms with Gasteiger partial charge in [0.1, 0.15) is 5.69 Å². The van der Waals surface area contributed by atoms with Crippen LogP contribution in [-0.2, 0) is 0 Å². The van der Waals surface area contributed by atoms with Crippen LogP contribution in [-0.4, -0.2) is 20.3 Å². The maximum atomic E-state index is 11.7. The molecule has 3 N–H and O–H groups in total. The summed E-state index contributed by atoms with van der Waals surface area (Å²) in [6.07, 6.45) is 1.28. The fourth-order valence-electron chi connectivity index (χ4n) is 1.95. The Kier molecular flexibility index (Phi) is 2.42. The Labute approximate surface area is 106 Å². The first kappa shape index (κ1) is 11.2. The monoisotopic (exact) mass is 255 g/mol. The average Bonchev–Trinajstić information content (AvgIpc) is 2.44. The highest BCUT2D eigenvalue weighted by molar-refractivity contribution is 5.91. The van der Waals surface area contributed by atoms with Crippen LogP contribution >= 0.6 is 0 Å². The smallest absolute Gasteiger partial charge is 0.274 e. The molecule has 0 radical (unpaired) electrons. The molecular weight excluding hydrogens is 246 g/mol. The number of hydrogen-bond acceptors (Lipinski definition) is 4. The van der Waals surface area contributed by atoms with Crippen LogP contribution in [0.3, 0.4) is 0 Å². The van der Waals surface area contributed by atoms with Gasteiger partial charge >= 0.3 is 0 Å². The van der Waals surface area contributed by atoms with E-state index in [-0.39, 0.29) is 22.2 Å². The number of aromatic amines is 2. The molecule has 3 aromatic rings. The van der Waals surface area contributed by atoms with Gasteiger partial charge in [-0.05, 0) is 0 Å². The molecular formula is C13H9N3O3. The predicted molar refractivity (Wildman–Crippen MR) is 70.1 cm³/mol. The lowest BCUT2D eigenvalue weighted by molar-refractivity contribution is 0.481. The molecule has 0 amide bonds. The average molecular weight is 255 g/mol. The lowest BCUT2D eigenvalue weighted by atomic mass is 10.1. The van der Waals surface area contributed by atoms with Crippen molar-refractivity contribution >= 4 is 10.8 Å². The summed E-state index contributed by atoms with van der Waals surface area (Å²) < 4.78 is 0. The Morgan fingerprint density at radius 2 is 1.68 bits per heavy atom. The normalized spacial score (nSPS) is 10.7. The van der Waals surface area contributed by atoms with E-state index in [1.165, 1.54) is 6.20 Å². The highest BCUT2D eigenvalue weighted by atomic mass is 16.3. The number of benzene rings is 1. The number of rotatable bonds is 1. The summed E-state index contributed by atoms with van der Waals surface area (Å²) in [6, 6.07) is 8.94. The van der Waals surface area contributed by atoms with E-state index in [1.807, 2.05) is 6.07 Å². The minimum absolute atomic E-state index is 0.0564. The molecule has 6 nitrogen and oxygen atoms in total. The minimum Gasteiger partial charge on any atom is -0.505 e. The number of aromatic nitrogens is 3. The van der Waals surface area contributed by atoms with Crippen molar-refractivity contribution in [2.24, 2.45) is 0 Å². The van der Waals surface area contributed by atoms with Crippen molar-refractivity contribution in [2.75, 3.05) is 0 Å². The fraction of sp³-hybridized carbons (Fsp3) is 0. The number of aromatic hydroxyl groups is 1. The van der Waals surface area contributed by atoms with Gasteiger partial charge in [-0.2, -0.15) is 0 Å². The number of fused-ring (bicyclic) bond motifs is 1. The lowest BCUT2D eigenvalue weighted by Crippen LogP contribution is -2.19. The van der Waals surface area contributed by atoms with E-state index < -0.39 is 11.1 Å². The number of hydrogen-bond donors (Lipinski definition) is 3. The maximum absolute atomic E-state index is 11.7. The summed E-state index contributed by atoms with van der Waals surface area (Å²) in [4.78, 5) is 27.3. The van der Waals surface area contributed by atoms with Crippen molar-refractivity contribution in [3.05, 3.63) is 57.2 Å². The van der Waals surface area contributed by atoms with Gasteiger partial charge in [-0.3, -0.25) is 24.8 Å². The number of pyridine rings is 1. The molecule has 2 aromatic heterocycles. The van der Waals surface area contributed by atoms with Gasteiger partial charge in [0.2, 0.25) is 0 Å². The van der Waals surface area contributed by atoms with E-state index in [9.17, 15) is 14.7 Å². The molecule has 0 saturated heterocycles. The van der Waals surface area contributed by atoms with Crippen molar-refractivity contribution in [1.82, 2.24) is 15.2 Å². The largest absolute Gasteiger partial charge is 0.505 e. The third kappa shape index (κ3) is 1.70. The zero-order chi connectivity index (χ0) is 13.4. The summed E-state index contributed by atoms with van der Waals surface area (Å²) in [5.41, 5.74) is -0.130. The molecule has 0 aliphatic carbocycles. The maximum Gasteiger partial charge on any atom is 0.274 e. The van der Waals surface area contributed by atoms with Crippen LogP contribution < -0.4 is 11.1 Å². The molecule has 6 heteroatoms. The van der Waals surface area contributed by atoms with Gasteiger partial charge in [0.25, 0.3) is 11.1 Å². The molecule has 0 aliphatic rings. The van der Waals surface area contributed by atoms with Gasteiger partial charge in [0.05, 0.1) is 10.8 Å². The molecule has 0 atom stereocenters. The standard InChI is InChI=1S/C13H9N3O3/c17-11-9-8(12(18)15-16-13(9)19)6-14-10(11)7-4-2-1-3-5-7/h1-6,17H,(H,15,18)(H,16,19). The second kappa shape index (κ2) is 4.09. The first-order valence-corrected chi connectivity index (χ1v) is 5.56. The predicted octanol–water partition coefficient (Wildman–Crippen LogP) is 0.984. The van der Waals surface area contributed by atoms with Gasteiger partial charge in [0.15, 0.2) is 5.75 Å². The number of H-pyrrole nitrogens is 2. The van der Waals surface area contributed by atoms with Crippen LogP contribution in [0.1, 0.15) is 0 Å². The van der Waals surface area contributed by atoms with E-state index >= 15 is 0 Å². The van der Waals surface area contributed by atoms with E-state index in [0.29, 0.717) is 5.56 Å². The molecule has 0 unspecified atom stereocenters. The first-order chi connectivity index (χ1) is 9.18. The molecule has 1 aromatic carbocycles. The van der Waals surface area contributed by atoms with Gasteiger partial charge in [-0.1, -0.05) is 30.3 Å². The Balaban J connectivity index is 2.43. The molecule has 19 heavy (non-hydrogen) atoms. The van der Waals surface area contributed by atoms with Crippen LogP contribution in [0.25, 0.3) is 22.0 Å². The molecule has 2 heterocycles. The summed E-state index contributed by atoms with van der Waals surface area (Å²) in [5.74, 6) is -0.295. The summed E-state index contributed by atoms with van der Waals surface area (Å²) in [5, 5.41) is 14.5. The summed E-state index contributed by atoms with van der Waals surface area (Å²) in [6.45, 7) is 0. The van der Waals surface area contributed by atoms with Crippen LogP contribution in [0.2, 0.25) is 0 Å². The van der Waals surface area contributed by atoms with Crippen LogP contribution in [0.4, 0.5) is 0 Å². The quantitative estimate of drug-likeness (QED) is 0.603. The Morgan fingerprint density at radius 1 is 1.00 bits per heavy atom. The van der Waals surface area contributed by atoms with Gasteiger partial charge in [0, 0.05) is 11.8 Å². The van der Waals surface area contributed by atoms with E-state index in [4.69, 9.17) is 0 Å². The summed E-state index contributed by atoms with van der Waals surface area (Å²) in [7, 11) is 0. The number of nitrogens with one attached hydrogen (secondary N) is 2. The topological polar surface area (TPSA) is 98.8 Å². The highest BCUT2D eigenvalue weighted by Crippen LogP contribution is 2.30. The second-order valence-electron chi connectivity index (χ2n) is 4.02. The third-order valence-corrected chi connectivity index (χ3v) is 2.86. The van der Waals surface area contributed by atoms with Crippen LogP contribution in [0.15, 0.2) is 46.1 Å². The van der Waals surface area contributed by atoms with E-state index in [1.54, 1.807) is 24.3 Å².